The molecular weight excluding hydrogens is 242 g/mol. The second-order valence-electron chi connectivity index (χ2n) is 5.13. The Morgan fingerprint density at radius 1 is 1.47 bits per heavy atom. The predicted molar refractivity (Wildman–Crippen MR) is 75.2 cm³/mol. The van der Waals surface area contributed by atoms with Crippen LogP contribution in [0.4, 0.5) is 5.69 Å². The average molecular weight is 263 g/mol. The van der Waals surface area contributed by atoms with Crippen molar-refractivity contribution in [3.05, 3.63) is 23.8 Å². The molecule has 0 aliphatic carbocycles. The van der Waals surface area contributed by atoms with Crippen molar-refractivity contribution in [3.63, 3.8) is 0 Å². The van der Waals surface area contributed by atoms with Gasteiger partial charge in [0.1, 0.15) is 12.2 Å². The zero-order chi connectivity index (χ0) is 14.0. The lowest BCUT2D eigenvalue weighted by Gasteiger charge is -2.39. The van der Waals surface area contributed by atoms with Gasteiger partial charge in [-0.1, -0.05) is 26.3 Å². The summed E-state index contributed by atoms with van der Waals surface area (Å²) in [7, 11) is 0. The van der Waals surface area contributed by atoms with Crippen LogP contribution in [0.2, 0.25) is 0 Å². The van der Waals surface area contributed by atoms with E-state index in [0.29, 0.717) is 24.3 Å². The molecule has 0 radical (unpaired) electrons. The van der Waals surface area contributed by atoms with E-state index in [4.69, 9.17) is 4.74 Å². The highest BCUT2D eigenvalue weighted by molar-refractivity contribution is 5.93. The maximum absolute atomic E-state index is 11.2. The molecule has 0 amide bonds. The van der Waals surface area contributed by atoms with Crippen LogP contribution in [0.3, 0.4) is 0 Å². The lowest BCUT2D eigenvalue weighted by atomic mass is 9.97. The van der Waals surface area contributed by atoms with Gasteiger partial charge in [0.25, 0.3) is 0 Å². The first kappa shape index (κ1) is 13.7. The van der Waals surface area contributed by atoms with Gasteiger partial charge in [0.15, 0.2) is 5.75 Å². The summed E-state index contributed by atoms with van der Waals surface area (Å²) in [5, 5.41) is 9.22. The maximum atomic E-state index is 11.2. The summed E-state index contributed by atoms with van der Waals surface area (Å²) in [6.45, 7) is 7.94. The molecule has 0 saturated carbocycles. The maximum Gasteiger partial charge on any atom is 0.339 e. The monoisotopic (exact) mass is 263 g/mol. The quantitative estimate of drug-likeness (QED) is 0.907. The van der Waals surface area contributed by atoms with Crippen LogP contribution in [0, 0.1) is 5.92 Å². The number of anilines is 1. The van der Waals surface area contributed by atoms with Crippen molar-refractivity contribution in [1.29, 1.82) is 0 Å². The summed E-state index contributed by atoms with van der Waals surface area (Å²) in [5.41, 5.74) is 1.15. The summed E-state index contributed by atoms with van der Waals surface area (Å²) in [6.07, 6.45) is 1.10. The van der Waals surface area contributed by atoms with Gasteiger partial charge in [-0.05, 0) is 25.0 Å². The first-order valence-corrected chi connectivity index (χ1v) is 6.82. The minimum atomic E-state index is -0.935. The molecule has 2 atom stereocenters. The number of ether oxygens (including phenoxy) is 1. The smallest absolute Gasteiger partial charge is 0.339 e. The van der Waals surface area contributed by atoms with Crippen molar-refractivity contribution < 1.29 is 14.6 Å². The third-order valence-electron chi connectivity index (χ3n) is 4.07. The summed E-state index contributed by atoms with van der Waals surface area (Å²) in [5.74, 6) is 0.130. The van der Waals surface area contributed by atoms with Crippen LogP contribution >= 0.6 is 0 Å². The van der Waals surface area contributed by atoms with Gasteiger partial charge < -0.3 is 14.7 Å². The fourth-order valence-electron chi connectivity index (χ4n) is 2.51. The van der Waals surface area contributed by atoms with Gasteiger partial charge in [-0.3, -0.25) is 0 Å². The Bertz CT molecular complexity index is 472. The minimum Gasteiger partial charge on any atom is -0.489 e. The van der Waals surface area contributed by atoms with Gasteiger partial charge in [-0.25, -0.2) is 4.79 Å². The summed E-state index contributed by atoms with van der Waals surface area (Å²) in [6, 6.07) is 5.70. The lowest BCUT2D eigenvalue weighted by molar-refractivity contribution is 0.0692. The predicted octanol–water partition coefficient (Wildman–Crippen LogP) is 3.02. The number of fused-ring (bicyclic) bond motifs is 1. The Morgan fingerprint density at radius 3 is 2.84 bits per heavy atom. The van der Waals surface area contributed by atoms with Crippen molar-refractivity contribution in [3.8, 4) is 5.75 Å². The highest BCUT2D eigenvalue weighted by Gasteiger charge is 2.28. The molecule has 0 aromatic heterocycles. The van der Waals surface area contributed by atoms with E-state index in [0.717, 1.165) is 18.7 Å². The molecule has 0 saturated heterocycles. The Kier molecular flexibility index (Phi) is 3.98. The fourth-order valence-corrected chi connectivity index (χ4v) is 2.51. The number of aromatic carboxylic acids is 1. The number of rotatable bonds is 4. The molecule has 2 rings (SSSR count). The topological polar surface area (TPSA) is 49.8 Å². The number of nitrogens with zero attached hydrogens (tertiary/aromatic N) is 1. The van der Waals surface area contributed by atoms with Gasteiger partial charge in [0, 0.05) is 6.04 Å². The Labute approximate surface area is 114 Å². The van der Waals surface area contributed by atoms with Crippen molar-refractivity contribution in [2.75, 3.05) is 18.1 Å². The number of para-hydroxylation sites is 1. The van der Waals surface area contributed by atoms with Gasteiger partial charge in [0.05, 0.1) is 12.2 Å². The molecule has 4 nitrogen and oxygen atoms in total. The molecule has 1 N–H and O–H groups in total. The zero-order valence-electron chi connectivity index (χ0n) is 11.7. The molecule has 1 heterocycles. The van der Waals surface area contributed by atoms with Crippen molar-refractivity contribution in [2.45, 2.75) is 33.2 Å². The van der Waals surface area contributed by atoms with E-state index in [9.17, 15) is 9.90 Å². The van der Waals surface area contributed by atoms with Crippen LogP contribution in [-0.2, 0) is 0 Å². The molecule has 19 heavy (non-hydrogen) atoms. The molecule has 0 fully saturated rings. The van der Waals surface area contributed by atoms with Crippen molar-refractivity contribution >= 4 is 11.7 Å². The van der Waals surface area contributed by atoms with Gasteiger partial charge in [-0.2, -0.15) is 0 Å². The second-order valence-corrected chi connectivity index (χ2v) is 5.13. The van der Waals surface area contributed by atoms with Crippen LogP contribution in [0.25, 0.3) is 0 Å². The van der Waals surface area contributed by atoms with E-state index in [1.807, 2.05) is 6.07 Å². The molecule has 1 aromatic carbocycles. The van der Waals surface area contributed by atoms with Gasteiger partial charge >= 0.3 is 5.97 Å². The number of carboxylic acids is 1. The Hall–Kier alpha value is -1.71. The SMILES string of the molecule is CCC(C)C(C)N1CCOc2c(C(=O)O)cccc21. The van der Waals surface area contributed by atoms with Crippen molar-refractivity contribution in [2.24, 2.45) is 5.92 Å². The highest BCUT2D eigenvalue weighted by Crippen LogP contribution is 2.37. The number of hydrogen-bond acceptors (Lipinski definition) is 3. The number of benzene rings is 1. The summed E-state index contributed by atoms with van der Waals surface area (Å²) in [4.78, 5) is 13.5. The first-order valence-electron chi connectivity index (χ1n) is 6.82. The van der Waals surface area contributed by atoms with E-state index in [2.05, 4.69) is 25.7 Å². The molecule has 1 aliphatic heterocycles. The first-order chi connectivity index (χ1) is 9.06. The standard InChI is InChI=1S/C15H21NO3/c1-4-10(2)11(3)16-8-9-19-14-12(15(17)18)6-5-7-13(14)16/h5-7,10-11H,4,8-9H2,1-3H3,(H,17,18). The zero-order valence-corrected chi connectivity index (χ0v) is 11.7. The van der Waals surface area contributed by atoms with Gasteiger partial charge in [-0.15, -0.1) is 0 Å². The number of hydrogen-bond donors (Lipinski definition) is 1. The van der Waals surface area contributed by atoms with E-state index in [1.54, 1.807) is 12.1 Å². The third-order valence-corrected chi connectivity index (χ3v) is 4.07. The van der Waals surface area contributed by atoms with E-state index in [1.165, 1.54) is 0 Å². The molecule has 2 unspecified atom stereocenters. The molecule has 104 valence electrons. The minimum absolute atomic E-state index is 0.249. The van der Waals surface area contributed by atoms with Crippen LogP contribution in [0.1, 0.15) is 37.6 Å². The van der Waals surface area contributed by atoms with E-state index < -0.39 is 5.97 Å². The Morgan fingerprint density at radius 2 is 2.21 bits per heavy atom. The average Bonchev–Trinajstić information content (AvgIpc) is 2.44. The van der Waals surface area contributed by atoms with Gasteiger partial charge in [0.2, 0.25) is 0 Å². The molecule has 1 aliphatic rings. The molecule has 1 aromatic rings. The normalized spacial score (nSPS) is 17.3. The lowest BCUT2D eigenvalue weighted by Crippen LogP contribution is -2.43. The van der Waals surface area contributed by atoms with E-state index in [-0.39, 0.29) is 5.56 Å². The highest BCUT2D eigenvalue weighted by atomic mass is 16.5. The van der Waals surface area contributed by atoms with Crippen LogP contribution < -0.4 is 9.64 Å². The number of carbonyl (C=O) groups is 1. The molecule has 4 heteroatoms. The van der Waals surface area contributed by atoms with Crippen LogP contribution in [0.5, 0.6) is 5.75 Å². The molecular formula is C15H21NO3. The van der Waals surface area contributed by atoms with Crippen molar-refractivity contribution in [1.82, 2.24) is 0 Å². The summed E-state index contributed by atoms with van der Waals surface area (Å²) < 4.78 is 5.59. The number of carboxylic acid groups (broad SMARTS) is 1. The molecule has 0 spiro atoms. The van der Waals surface area contributed by atoms with E-state index >= 15 is 0 Å². The second kappa shape index (κ2) is 5.51. The molecule has 0 bridgehead atoms. The third kappa shape index (κ3) is 2.53. The largest absolute Gasteiger partial charge is 0.489 e. The van der Waals surface area contributed by atoms with Crippen LogP contribution in [0.15, 0.2) is 18.2 Å². The Balaban J connectivity index is 2.40. The van der Waals surface area contributed by atoms with Crippen LogP contribution in [-0.4, -0.2) is 30.3 Å². The summed E-state index contributed by atoms with van der Waals surface area (Å²) >= 11 is 0. The fraction of sp³-hybridized carbons (Fsp3) is 0.533.